The summed E-state index contributed by atoms with van der Waals surface area (Å²) in [7, 11) is 1.15. The van der Waals surface area contributed by atoms with Gasteiger partial charge < -0.3 is 10.1 Å². The van der Waals surface area contributed by atoms with Gasteiger partial charge in [0.15, 0.2) is 0 Å². The summed E-state index contributed by atoms with van der Waals surface area (Å²) in [5.74, 6) is -1.36. The van der Waals surface area contributed by atoms with Crippen LogP contribution in [0.2, 0.25) is 0 Å². The van der Waals surface area contributed by atoms with Crippen LogP contribution >= 0.6 is 0 Å². The van der Waals surface area contributed by atoms with Crippen molar-refractivity contribution in [2.45, 2.75) is 6.54 Å². The fraction of sp³-hybridized carbons (Fsp3) is 0.111. The van der Waals surface area contributed by atoms with Gasteiger partial charge in [0, 0.05) is 23.4 Å². The summed E-state index contributed by atoms with van der Waals surface area (Å²) in [6, 6.07) is 10.4. The maximum absolute atomic E-state index is 12.6. The molecular weight excluding hydrogens is 366 g/mol. The Balaban J connectivity index is 1.83. The molecule has 0 atom stereocenters. The summed E-state index contributed by atoms with van der Waals surface area (Å²) in [6.07, 6.45) is 3.00. The number of hydrogen-bond donors (Lipinski definition) is 1. The Morgan fingerprint density at radius 2 is 2.00 bits per heavy atom. The molecule has 0 aliphatic heterocycles. The van der Waals surface area contributed by atoms with Gasteiger partial charge >= 0.3 is 5.97 Å². The van der Waals surface area contributed by atoms with Crippen LogP contribution in [0, 0.1) is 10.1 Å². The number of nitro benzene ring substituents is 1. The first-order valence-corrected chi connectivity index (χ1v) is 8.07. The Morgan fingerprint density at radius 3 is 2.68 bits per heavy atom. The lowest BCUT2D eigenvalue weighted by molar-refractivity contribution is -0.384. The van der Waals surface area contributed by atoms with Gasteiger partial charge in [-0.15, -0.1) is 0 Å². The maximum Gasteiger partial charge on any atom is 0.338 e. The molecule has 0 saturated carbocycles. The minimum atomic E-state index is -0.771. The standard InChI is InChI=1S/C18H15N5O5/c1-28-18(25)14-6-13(7-16(8-14)23(26)27)17(24)21-15-4-2-3-12(5-15)9-22-11-19-10-20-22/h2-8,10-11H,9H2,1H3,(H,21,24). The average molecular weight is 381 g/mol. The molecule has 0 fully saturated rings. The van der Waals surface area contributed by atoms with Crippen molar-refractivity contribution in [2.75, 3.05) is 12.4 Å². The molecule has 1 aromatic heterocycles. The smallest absolute Gasteiger partial charge is 0.338 e. The first kappa shape index (κ1) is 18.7. The van der Waals surface area contributed by atoms with E-state index in [1.165, 1.54) is 12.4 Å². The number of benzene rings is 2. The number of non-ortho nitro benzene ring substituents is 1. The number of anilines is 1. The third kappa shape index (κ3) is 4.36. The molecule has 3 rings (SSSR count). The molecule has 1 amide bonds. The molecule has 28 heavy (non-hydrogen) atoms. The Kier molecular flexibility index (Phi) is 5.40. The fourth-order valence-electron chi connectivity index (χ4n) is 2.54. The topological polar surface area (TPSA) is 129 Å². The monoisotopic (exact) mass is 381 g/mol. The molecule has 0 radical (unpaired) electrons. The number of nitrogens with zero attached hydrogens (tertiary/aromatic N) is 4. The summed E-state index contributed by atoms with van der Waals surface area (Å²) in [4.78, 5) is 38.6. The normalized spacial score (nSPS) is 10.3. The minimum Gasteiger partial charge on any atom is -0.465 e. The fourth-order valence-corrected chi connectivity index (χ4v) is 2.54. The highest BCUT2D eigenvalue weighted by atomic mass is 16.6. The number of amides is 1. The molecule has 2 aromatic carbocycles. The van der Waals surface area contributed by atoms with Crippen molar-refractivity contribution >= 4 is 23.3 Å². The van der Waals surface area contributed by atoms with Crippen LogP contribution in [0.15, 0.2) is 55.1 Å². The first-order valence-electron chi connectivity index (χ1n) is 8.07. The van der Waals surface area contributed by atoms with Crippen molar-refractivity contribution < 1.29 is 19.2 Å². The van der Waals surface area contributed by atoms with Gasteiger partial charge in [-0.2, -0.15) is 5.10 Å². The number of nitrogens with one attached hydrogen (secondary N) is 1. The van der Waals surface area contributed by atoms with Crippen molar-refractivity contribution in [1.82, 2.24) is 14.8 Å². The number of carbonyl (C=O) groups excluding carboxylic acids is 2. The lowest BCUT2D eigenvalue weighted by Crippen LogP contribution is -2.14. The van der Waals surface area contributed by atoms with Crippen LogP contribution < -0.4 is 5.32 Å². The van der Waals surface area contributed by atoms with Gasteiger partial charge in [-0.1, -0.05) is 12.1 Å². The molecule has 1 heterocycles. The molecule has 0 aliphatic carbocycles. The van der Waals surface area contributed by atoms with E-state index in [-0.39, 0.29) is 16.8 Å². The number of rotatable bonds is 6. The highest BCUT2D eigenvalue weighted by Crippen LogP contribution is 2.20. The summed E-state index contributed by atoms with van der Waals surface area (Å²) >= 11 is 0. The largest absolute Gasteiger partial charge is 0.465 e. The van der Waals surface area contributed by atoms with Crippen LogP contribution in [0.3, 0.4) is 0 Å². The van der Waals surface area contributed by atoms with Crippen molar-refractivity contribution in [3.05, 3.63) is 81.9 Å². The van der Waals surface area contributed by atoms with Crippen LogP contribution in [-0.2, 0) is 11.3 Å². The van der Waals surface area contributed by atoms with Crippen LogP contribution in [0.4, 0.5) is 11.4 Å². The van der Waals surface area contributed by atoms with Crippen LogP contribution in [-0.4, -0.2) is 38.7 Å². The lowest BCUT2D eigenvalue weighted by atomic mass is 10.1. The zero-order valence-electron chi connectivity index (χ0n) is 14.7. The van der Waals surface area contributed by atoms with E-state index in [0.29, 0.717) is 12.2 Å². The molecule has 142 valence electrons. The van der Waals surface area contributed by atoms with Gasteiger partial charge in [-0.3, -0.25) is 14.9 Å². The number of esters is 1. The molecule has 1 N–H and O–H groups in total. The third-order valence-corrected chi connectivity index (χ3v) is 3.81. The third-order valence-electron chi connectivity index (χ3n) is 3.81. The zero-order valence-corrected chi connectivity index (χ0v) is 14.7. The lowest BCUT2D eigenvalue weighted by Gasteiger charge is -2.09. The van der Waals surface area contributed by atoms with E-state index in [1.54, 1.807) is 29.2 Å². The van der Waals surface area contributed by atoms with Gasteiger partial charge in [0.25, 0.3) is 11.6 Å². The van der Waals surface area contributed by atoms with Crippen molar-refractivity contribution in [1.29, 1.82) is 0 Å². The number of nitro groups is 1. The Morgan fingerprint density at radius 1 is 1.21 bits per heavy atom. The van der Waals surface area contributed by atoms with E-state index in [4.69, 9.17) is 0 Å². The van der Waals surface area contributed by atoms with Crippen molar-refractivity contribution in [3.63, 3.8) is 0 Å². The molecule has 10 heteroatoms. The molecule has 0 spiro atoms. The van der Waals surface area contributed by atoms with Gasteiger partial charge in [0.05, 0.1) is 24.1 Å². The predicted molar refractivity (Wildman–Crippen MR) is 98.0 cm³/mol. The summed E-state index contributed by atoms with van der Waals surface area (Å²) in [5, 5.41) is 17.8. The Hall–Kier alpha value is -4.08. The zero-order chi connectivity index (χ0) is 20.1. The summed E-state index contributed by atoms with van der Waals surface area (Å²) < 4.78 is 6.21. The second-order valence-corrected chi connectivity index (χ2v) is 5.76. The van der Waals surface area contributed by atoms with Crippen LogP contribution in [0.25, 0.3) is 0 Å². The number of ether oxygens (including phenoxy) is 1. The van der Waals surface area contributed by atoms with E-state index in [1.807, 2.05) is 6.07 Å². The first-order chi connectivity index (χ1) is 13.5. The number of aromatic nitrogens is 3. The summed E-state index contributed by atoms with van der Waals surface area (Å²) in [5.41, 5.74) is 0.873. The van der Waals surface area contributed by atoms with Crippen molar-refractivity contribution in [3.8, 4) is 0 Å². The second-order valence-electron chi connectivity index (χ2n) is 5.76. The van der Waals surface area contributed by atoms with E-state index in [0.717, 1.165) is 24.8 Å². The van der Waals surface area contributed by atoms with E-state index < -0.39 is 16.8 Å². The van der Waals surface area contributed by atoms with Gasteiger partial charge in [-0.25, -0.2) is 14.5 Å². The summed E-state index contributed by atoms with van der Waals surface area (Å²) in [6.45, 7) is 0.465. The molecule has 10 nitrogen and oxygen atoms in total. The molecule has 0 saturated heterocycles. The molecule has 0 bridgehead atoms. The van der Waals surface area contributed by atoms with Gasteiger partial charge in [0.1, 0.15) is 12.7 Å². The van der Waals surface area contributed by atoms with E-state index >= 15 is 0 Å². The maximum atomic E-state index is 12.6. The van der Waals surface area contributed by atoms with Crippen LogP contribution in [0.1, 0.15) is 26.3 Å². The quantitative estimate of drug-likeness (QED) is 0.394. The molecule has 0 aliphatic rings. The van der Waals surface area contributed by atoms with E-state index in [2.05, 4.69) is 20.1 Å². The van der Waals surface area contributed by atoms with Crippen LogP contribution in [0.5, 0.6) is 0 Å². The number of methoxy groups -OCH3 is 1. The Labute approximate surface area is 158 Å². The number of carbonyl (C=O) groups is 2. The minimum absolute atomic E-state index is 0.0312. The van der Waals surface area contributed by atoms with Gasteiger partial charge in [-0.05, 0) is 23.8 Å². The Bertz CT molecular complexity index is 1030. The van der Waals surface area contributed by atoms with Gasteiger partial charge in [0.2, 0.25) is 0 Å². The predicted octanol–water partition coefficient (Wildman–Crippen LogP) is 2.27. The molecule has 0 unspecified atom stereocenters. The highest BCUT2D eigenvalue weighted by molar-refractivity contribution is 6.06. The SMILES string of the molecule is COC(=O)c1cc(C(=O)Nc2cccc(Cn3cncn3)c2)cc([N+](=O)[O-])c1. The number of hydrogen-bond acceptors (Lipinski definition) is 7. The second kappa shape index (κ2) is 8.08. The van der Waals surface area contributed by atoms with Crippen molar-refractivity contribution in [2.24, 2.45) is 0 Å². The van der Waals surface area contributed by atoms with E-state index in [9.17, 15) is 19.7 Å². The average Bonchev–Trinajstić information content (AvgIpc) is 3.20. The molecule has 3 aromatic rings. The highest BCUT2D eigenvalue weighted by Gasteiger charge is 2.18. The molecular formula is C18H15N5O5.